The monoisotopic (exact) mass is 286 g/mol. The Balaban J connectivity index is 2.16. The van der Waals surface area contributed by atoms with Crippen LogP contribution in [0, 0.1) is 0 Å². The van der Waals surface area contributed by atoms with E-state index in [1.54, 1.807) is 11.5 Å². The minimum Gasteiger partial charge on any atom is -0.364 e. The summed E-state index contributed by atoms with van der Waals surface area (Å²) in [6.45, 7) is 2.29. The first-order chi connectivity index (χ1) is 10.1. The van der Waals surface area contributed by atoms with Crippen molar-refractivity contribution in [2.75, 3.05) is 5.32 Å². The molecule has 2 aromatic rings. The molecule has 0 saturated carbocycles. The van der Waals surface area contributed by atoms with E-state index >= 15 is 0 Å². The van der Waals surface area contributed by atoms with Gasteiger partial charge in [0.1, 0.15) is 0 Å². The lowest BCUT2D eigenvalue weighted by molar-refractivity contribution is -0.115. The van der Waals surface area contributed by atoms with Gasteiger partial charge < -0.3 is 15.6 Å². The van der Waals surface area contributed by atoms with E-state index in [0.717, 1.165) is 12.0 Å². The van der Waals surface area contributed by atoms with Crippen LogP contribution in [-0.4, -0.2) is 21.4 Å². The Hall–Kier alpha value is -2.63. The van der Waals surface area contributed by atoms with Crippen molar-refractivity contribution in [3.8, 4) is 0 Å². The third kappa shape index (κ3) is 3.68. The lowest BCUT2D eigenvalue weighted by Gasteiger charge is -2.07. The summed E-state index contributed by atoms with van der Waals surface area (Å²) >= 11 is 0. The quantitative estimate of drug-likeness (QED) is 0.844. The first-order valence-corrected chi connectivity index (χ1v) is 6.80. The van der Waals surface area contributed by atoms with Crippen molar-refractivity contribution in [2.24, 2.45) is 5.73 Å². The second-order valence-electron chi connectivity index (χ2n) is 4.64. The van der Waals surface area contributed by atoms with Crippen molar-refractivity contribution in [3.05, 3.63) is 47.9 Å². The predicted molar refractivity (Wildman–Crippen MR) is 79.8 cm³/mol. The van der Waals surface area contributed by atoms with Gasteiger partial charge in [0.15, 0.2) is 11.5 Å². The first kappa shape index (κ1) is 14.8. The lowest BCUT2D eigenvalue weighted by Crippen LogP contribution is -2.21. The number of nitrogens with two attached hydrogens (primary N) is 1. The first-order valence-electron chi connectivity index (χ1n) is 6.80. The van der Waals surface area contributed by atoms with Crippen molar-refractivity contribution >= 4 is 17.6 Å². The van der Waals surface area contributed by atoms with Crippen molar-refractivity contribution < 1.29 is 9.59 Å². The Bertz CT molecular complexity index is 634. The Morgan fingerprint density at radius 1 is 1.29 bits per heavy atom. The minimum absolute atomic E-state index is 0.203. The highest BCUT2D eigenvalue weighted by Crippen LogP contribution is 2.14. The van der Waals surface area contributed by atoms with Crippen LogP contribution in [0.15, 0.2) is 36.7 Å². The summed E-state index contributed by atoms with van der Waals surface area (Å²) in [7, 11) is 0. The molecule has 6 heteroatoms. The fraction of sp³-hybridized carbons (Fsp3) is 0.267. The van der Waals surface area contributed by atoms with Gasteiger partial charge in [0.05, 0.1) is 6.33 Å². The van der Waals surface area contributed by atoms with Gasteiger partial charge in [0.25, 0.3) is 5.91 Å². The molecule has 1 aromatic carbocycles. The molecule has 21 heavy (non-hydrogen) atoms. The molecule has 0 unspecified atom stereocenters. The molecule has 0 spiro atoms. The van der Waals surface area contributed by atoms with Crippen LogP contribution < -0.4 is 11.1 Å². The molecule has 0 atom stereocenters. The van der Waals surface area contributed by atoms with Gasteiger partial charge in [0.2, 0.25) is 5.91 Å². The second-order valence-corrected chi connectivity index (χ2v) is 4.64. The molecule has 0 aliphatic rings. The molecule has 2 rings (SSSR count). The summed E-state index contributed by atoms with van der Waals surface area (Å²) in [5.74, 6) is -0.583. The summed E-state index contributed by atoms with van der Waals surface area (Å²) in [5.41, 5.74) is 6.78. The molecule has 6 nitrogen and oxygen atoms in total. The van der Waals surface area contributed by atoms with Gasteiger partial charge >= 0.3 is 0 Å². The van der Waals surface area contributed by atoms with Crippen LogP contribution in [0.2, 0.25) is 0 Å². The SMILES string of the molecule is CCC(=O)Nc1ncn(CCc2ccccc2)c1C(N)=O. The summed E-state index contributed by atoms with van der Waals surface area (Å²) in [5, 5.41) is 2.59. The zero-order valence-corrected chi connectivity index (χ0v) is 11.9. The number of carbonyl (C=O) groups is 2. The molecule has 0 saturated heterocycles. The lowest BCUT2D eigenvalue weighted by atomic mass is 10.1. The summed E-state index contributed by atoms with van der Waals surface area (Å²) in [6, 6.07) is 9.91. The minimum atomic E-state index is -0.605. The fourth-order valence-electron chi connectivity index (χ4n) is 2.02. The number of aromatic nitrogens is 2. The molecule has 1 heterocycles. The zero-order valence-electron chi connectivity index (χ0n) is 11.9. The molecular formula is C15H18N4O2. The van der Waals surface area contributed by atoms with Gasteiger partial charge in [-0.25, -0.2) is 4.98 Å². The standard InChI is InChI=1S/C15H18N4O2/c1-2-12(20)18-15-13(14(16)21)19(10-17-15)9-8-11-6-4-3-5-7-11/h3-7,10H,2,8-9H2,1H3,(H2,16,21)(H,18,20). The van der Waals surface area contributed by atoms with Gasteiger partial charge in [-0.2, -0.15) is 0 Å². The van der Waals surface area contributed by atoms with E-state index in [0.29, 0.717) is 13.0 Å². The average molecular weight is 286 g/mol. The van der Waals surface area contributed by atoms with Crippen molar-refractivity contribution in [1.82, 2.24) is 9.55 Å². The van der Waals surface area contributed by atoms with E-state index in [1.807, 2.05) is 30.3 Å². The molecule has 0 radical (unpaired) electrons. The largest absolute Gasteiger partial charge is 0.364 e. The van der Waals surface area contributed by atoms with Crippen molar-refractivity contribution in [3.63, 3.8) is 0 Å². The van der Waals surface area contributed by atoms with Crippen LogP contribution in [-0.2, 0) is 17.8 Å². The van der Waals surface area contributed by atoms with Crippen LogP contribution in [0.4, 0.5) is 5.82 Å². The summed E-state index contributed by atoms with van der Waals surface area (Å²) < 4.78 is 1.67. The number of carbonyl (C=O) groups excluding carboxylic acids is 2. The van der Waals surface area contributed by atoms with E-state index in [-0.39, 0.29) is 17.4 Å². The predicted octanol–water partition coefficient (Wildman–Crippen LogP) is 1.57. The third-order valence-corrected chi connectivity index (χ3v) is 3.13. The number of aryl methyl sites for hydroxylation is 2. The number of primary amides is 1. The highest BCUT2D eigenvalue weighted by Gasteiger charge is 2.17. The number of rotatable bonds is 6. The molecule has 0 fully saturated rings. The van der Waals surface area contributed by atoms with Crippen LogP contribution in [0.1, 0.15) is 29.4 Å². The number of nitrogens with one attached hydrogen (secondary N) is 1. The van der Waals surface area contributed by atoms with Gasteiger partial charge in [-0.15, -0.1) is 0 Å². The Morgan fingerprint density at radius 3 is 2.62 bits per heavy atom. The number of hydrogen-bond acceptors (Lipinski definition) is 3. The molecule has 110 valence electrons. The topological polar surface area (TPSA) is 90.0 Å². The Kier molecular flexibility index (Phi) is 4.71. The average Bonchev–Trinajstić information content (AvgIpc) is 2.89. The highest BCUT2D eigenvalue weighted by atomic mass is 16.2. The molecule has 0 aliphatic carbocycles. The number of nitrogens with zero attached hydrogens (tertiary/aromatic N) is 2. The number of amides is 2. The van der Waals surface area contributed by atoms with Crippen LogP contribution >= 0.6 is 0 Å². The Morgan fingerprint density at radius 2 is 2.00 bits per heavy atom. The zero-order chi connectivity index (χ0) is 15.2. The Labute approximate surface area is 123 Å². The molecule has 2 amide bonds. The van der Waals surface area contributed by atoms with Crippen molar-refractivity contribution in [1.29, 1.82) is 0 Å². The van der Waals surface area contributed by atoms with Crippen LogP contribution in [0.5, 0.6) is 0 Å². The van der Waals surface area contributed by atoms with E-state index in [9.17, 15) is 9.59 Å². The number of imidazole rings is 1. The number of hydrogen-bond donors (Lipinski definition) is 2. The van der Waals surface area contributed by atoms with Crippen molar-refractivity contribution in [2.45, 2.75) is 26.3 Å². The maximum absolute atomic E-state index is 11.6. The van der Waals surface area contributed by atoms with E-state index in [1.165, 1.54) is 6.33 Å². The van der Waals surface area contributed by atoms with E-state index in [2.05, 4.69) is 10.3 Å². The number of benzene rings is 1. The molecule has 1 aromatic heterocycles. The smallest absolute Gasteiger partial charge is 0.269 e. The third-order valence-electron chi connectivity index (χ3n) is 3.13. The molecule has 0 bridgehead atoms. The second kappa shape index (κ2) is 6.69. The summed E-state index contributed by atoms with van der Waals surface area (Å²) in [4.78, 5) is 27.1. The molecule has 3 N–H and O–H groups in total. The highest BCUT2D eigenvalue weighted by molar-refractivity contribution is 6.00. The molecular weight excluding hydrogens is 268 g/mol. The number of anilines is 1. The van der Waals surface area contributed by atoms with E-state index < -0.39 is 5.91 Å². The van der Waals surface area contributed by atoms with Gasteiger partial charge in [-0.3, -0.25) is 9.59 Å². The normalized spacial score (nSPS) is 10.3. The van der Waals surface area contributed by atoms with Gasteiger partial charge in [0, 0.05) is 13.0 Å². The van der Waals surface area contributed by atoms with Gasteiger partial charge in [-0.1, -0.05) is 37.3 Å². The maximum Gasteiger partial charge on any atom is 0.269 e. The molecule has 0 aliphatic heterocycles. The summed E-state index contributed by atoms with van der Waals surface area (Å²) in [6.07, 6.45) is 2.59. The fourth-order valence-corrected chi connectivity index (χ4v) is 2.02. The van der Waals surface area contributed by atoms with Crippen LogP contribution in [0.3, 0.4) is 0 Å². The van der Waals surface area contributed by atoms with Crippen LogP contribution in [0.25, 0.3) is 0 Å². The maximum atomic E-state index is 11.6. The van der Waals surface area contributed by atoms with Gasteiger partial charge in [-0.05, 0) is 12.0 Å². The van der Waals surface area contributed by atoms with E-state index in [4.69, 9.17) is 5.73 Å².